The van der Waals surface area contributed by atoms with Crippen LogP contribution in [0.2, 0.25) is 0 Å². The lowest BCUT2D eigenvalue weighted by Crippen LogP contribution is -2.35. The van der Waals surface area contributed by atoms with Gasteiger partial charge in [-0.1, -0.05) is 24.8 Å². The Labute approximate surface area is 186 Å². The van der Waals surface area contributed by atoms with E-state index in [2.05, 4.69) is 31.9 Å². The van der Waals surface area contributed by atoms with Gasteiger partial charge in [-0.25, -0.2) is 4.39 Å². The van der Waals surface area contributed by atoms with E-state index in [4.69, 9.17) is 4.74 Å². The highest BCUT2D eigenvalue weighted by atomic mass is 32.2. The van der Waals surface area contributed by atoms with Crippen molar-refractivity contribution in [3.05, 3.63) is 29.6 Å². The van der Waals surface area contributed by atoms with Gasteiger partial charge in [0.15, 0.2) is 5.16 Å². The zero-order valence-electron chi connectivity index (χ0n) is 18.1. The average Bonchev–Trinajstić information content (AvgIpc) is 3.40. The van der Waals surface area contributed by atoms with Crippen LogP contribution in [0.25, 0.3) is 0 Å². The van der Waals surface area contributed by atoms with E-state index >= 15 is 0 Å². The minimum Gasteiger partial charge on any atom is -0.376 e. The molecular formula is C22H30FN5O2S. The maximum absolute atomic E-state index is 13.7. The summed E-state index contributed by atoms with van der Waals surface area (Å²) in [6.07, 6.45) is 4.54. The van der Waals surface area contributed by atoms with Crippen LogP contribution in [-0.4, -0.2) is 52.2 Å². The van der Waals surface area contributed by atoms with Gasteiger partial charge >= 0.3 is 0 Å². The largest absolute Gasteiger partial charge is 0.376 e. The molecular weight excluding hydrogens is 417 g/mol. The Morgan fingerprint density at radius 3 is 2.81 bits per heavy atom. The van der Waals surface area contributed by atoms with Crippen LogP contribution in [0.3, 0.4) is 0 Å². The maximum atomic E-state index is 13.7. The molecule has 1 aromatic heterocycles. The summed E-state index contributed by atoms with van der Waals surface area (Å²) < 4.78 is 21.7. The fourth-order valence-electron chi connectivity index (χ4n) is 3.98. The molecule has 1 amide bonds. The van der Waals surface area contributed by atoms with Gasteiger partial charge in [0.25, 0.3) is 0 Å². The number of thioether (sulfide) groups is 1. The molecule has 2 aliphatic heterocycles. The first kappa shape index (κ1) is 22.1. The first-order chi connectivity index (χ1) is 15.0. The molecule has 0 aliphatic carbocycles. The van der Waals surface area contributed by atoms with E-state index in [1.54, 1.807) is 19.1 Å². The molecule has 0 saturated carbocycles. The number of nitrogens with one attached hydrogen (secondary N) is 1. The van der Waals surface area contributed by atoms with Crippen molar-refractivity contribution >= 4 is 29.3 Å². The lowest BCUT2D eigenvalue weighted by Gasteiger charge is -2.31. The number of ether oxygens (including phenoxy) is 1. The van der Waals surface area contributed by atoms with Crippen molar-refractivity contribution in [2.24, 2.45) is 5.92 Å². The molecule has 1 unspecified atom stereocenters. The van der Waals surface area contributed by atoms with E-state index in [1.807, 2.05) is 0 Å². The van der Waals surface area contributed by atoms with Crippen LogP contribution in [0.4, 0.5) is 16.0 Å². The minimum absolute atomic E-state index is 0.155. The molecule has 7 nitrogen and oxygen atoms in total. The van der Waals surface area contributed by atoms with Gasteiger partial charge in [-0.15, -0.1) is 10.2 Å². The molecule has 3 heterocycles. The fourth-order valence-corrected chi connectivity index (χ4v) is 4.72. The number of aryl methyl sites for hydroxylation is 1. The van der Waals surface area contributed by atoms with Crippen molar-refractivity contribution < 1.29 is 13.9 Å². The predicted octanol–water partition coefficient (Wildman–Crippen LogP) is 3.87. The molecule has 1 atom stereocenters. The normalized spacial score (nSPS) is 19.7. The van der Waals surface area contributed by atoms with Crippen LogP contribution in [-0.2, 0) is 16.1 Å². The van der Waals surface area contributed by atoms with Crippen molar-refractivity contribution in [2.75, 3.05) is 35.7 Å². The van der Waals surface area contributed by atoms with Crippen molar-refractivity contribution in [1.29, 1.82) is 0 Å². The standard InChI is InChI=1S/C22H30FN5O2S/c1-15-7-9-27(10-8-15)21-25-26-22(28(21)13-18-4-3-11-30-18)31-14-20(29)24-17-6-5-16(2)19(23)12-17/h5-6,12,15,18H,3-4,7-11,13-14H2,1-2H3,(H,24,29). The molecule has 2 fully saturated rings. The Hall–Kier alpha value is -2.13. The summed E-state index contributed by atoms with van der Waals surface area (Å²) in [5.41, 5.74) is 1.01. The number of rotatable bonds is 7. The Balaban J connectivity index is 1.43. The van der Waals surface area contributed by atoms with E-state index in [-0.39, 0.29) is 23.6 Å². The molecule has 9 heteroatoms. The van der Waals surface area contributed by atoms with Gasteiger partial charge in [-0.3, -0.25) is 9.36 Å². The second-order valence-corrected chi connectivity index (χ2v) is 9.44. The van der Waals surface area contributed by atoms with E-state index in [1.165, 1.54) is 17.8 Å². The highest BCUT2D eigenvalue weighted by Gasteiger charge is 2.26. The highest BCUT2D eigenvalue weighted by molar-refractivity contribution is 7.99. The second-order valence-electron chi connectivity index (χ2n) is 8.50. The fraction of sp³-hybridized carbons (Fsp3) is 0.591. The summed E-state index contributed by atoms with van der Waals surface area (Å²) in [5, 5.41) is 12.3. The van der Waals surface area contributed by atoms with E-state index in [0.29, 0.717) is 23.0 Å². The molecule has 1 aromatic carbocycles. The Morgan fingerprint density at radius 2 is 2.10 bits per heavy atom. The lowest BCUT2D eigenvalue weighted by molar-refractivity contribution is -0.113. The molecule has 0 radical (unpaired) electrons. The molecule has 4 rings (SSSR count). The quantitative estimate of drug-likeness (QED) is 0.650. The van der Waals surface area contributed by atoms with Crippen LogP contribution in [0.1, 0.15) is 38.2 Å². The molecule has 168 valence electrons. The number of carbonyl (C=O) groups excluding carboxylic acids is 1. The van der Waals surface area contributed by atoms with Crippen LogP contribution < -0.4 is 10.2 Å². The third-order valence-electron chi connectivity index (χ3n) is 5.96. The summed E-state index contributed by atoms with van der Waals surface area (Å²) in [4.78, 5) is 14.7. The third kappa shape index (κ3) is 5.57. The number of aromatic nitrogens is 3. The zero-order valence-corrected chi connectivity index (χ0v) is 19.0. The number of nitrogens with zero attached hydrogens (tertiary/aromatic N) is 4. The minimum atomic E-state index is -0.331. The van der Waals surface area contributed by atoms with E-state index < -0.39 is 0 Å². The summed E-state index contributed by atoms with van der Waals surface area (Å²) in [5.74, 6) is 1.24. The number of amides is 1. The first-order valence-electron chi connectivity index (χ1n) is 11.0. The van der Waals surface area contributed by atoms with Crippen LogP contribution in [0.5, 0.6) is 0 Å². The number of anilines is 2. The number of carbonyl (C=O) groups is 1. The SMILES string of the molecule is Cc1ccc(NC(=O)CSc2nnc(N3CCC(C)CC3)n2CC2CCCO2)cc1F. The zero-order chi connectivity index (χ0) is 21.8. The molecule has 0 bridgehead atoms. The predicted molar refractivity (Wildman–Crippen MR) is 120 cm³/mol. The molecule has 1 N–H and O–H groups in total. The van der Waals surface area contributed by atoms with Gasteiger partial charge in [-0.2, -0.15) is 0 Å². The molecule has 0 spiro atoms. The van der Waals surface area contributed by atoms with Crippen LogP contribution in [0, 0.1) is 18.7 Å². The van der Waals surface area contributed by atoms with Crippen LogP contribution >= 0.6 is 11.8 Å². The molecule has 2 aliphatic rings. The maximum Gasteiger partial charge on any atom is 0.234 e. The molecule has 31 heavy (non-hydrogen) atoms. The van der Waals surface area contributed by atoms with Crippen molar-refractivity contribution in [1.82, 2.24) is 14.8 Å². The Kier molecular flexibility index (Phi) is 7.12. The molecule has 2 saturated heterocycles. The first-order valence-corrected chi connectivity index (χ1v) is 12.0. The average molecular weight is 448 g/mol. The highest BCUT2D eigenvalue weighted by Crippen LogP contribution is 2.28. The monoisotopic (exact) mass is 447 g/mol. The summed E-state index contributed by atoms with van der Waals surface area (Å²) in [6, 6.07) is 4.70. The smallest absolute Gasteiger partial charge is 0.234 e. The molecule has 2 aromatic rings. The number of halogens is 1. The Morgan fingerprint density at radius 1 is 1.29 bits per heavy atom. The number of hydrogen-bond acceptors (Lipinski definition) is 6. The van der Waals surface area contributed by atoms with E-state index in [9.17, 15) is 9.18 Å². The number of benzene rings is 1. The van der Waals surface area contributed by atoms with Gasteiger partial charge < -0.3 is 15.0 Å². The van der Waals surface area contributed by atoms with Gasteiger partial charge in [0, 0.05) is 25.4 Å². The van der Waals surface area contributed by atoms with Crippen molar-refractivity contribution in [3.63, 3.8) is 0 Å². The third-order valence-corrected chi connectivity index (χ3v) is 6.93. The lowest BCUT2D eigenvalue weighted by atomic mass is 10.00. The topological polar surface area (TPSA) is 72.3 Å². The summed E-state index contributed by atoms with van der Waals surface area (Å²) >= 11 is 1.35. The summed E-state index contributed by atoms with van der Waals surface area (Å²) in [7, 11) is 0. The number of hydrogen-bond donors (Lipinski definition) is 1. The van der Waals surface area contributed by atoms with Gasteiger partial charge in [0.2, 0.25) is 11.9 Å². The van der Waals surface area contributed by atoms with Crippen LogP contribution in [0.15, 0.2) is 23.4 Å². The Bertz CT molecular complexity index is 907. The van der Waals surface area contributed by atoms with Crippen molar-refractivity contribution in [3.8, 4) is 0 Å². The number of piperidine rings is 1. The summed E-state index contributed by atoms with van der Waals surface area (Å²) in [6.45, 7) is 7.40. The van der Waals surface area contributed by atoms with Gasteiger partial charge in [0.1, 0.15) is 5.82 Å². The van der Waals surface area contributed by atoms with Crippen molar-refractivity contribution in [2.45, 2.75) is 57.3 Å². The second kappa shape index (κ2) is 9.99. The van der Waals surface area contributed by atoms with E-state index in [0.717, 1.165) is 57.2 Å². The van der Waals surface area contributed by atoms with Gasteiger partial charge in [0.05, 0.1) is 18.4 Å². The van der Waals surface area contributed by atoms with Gasteiger partial charge in [-0.05, 0) is 56.2 Å².